The summed E-state index contributed by atoms with van der Waals surface area (Å²) in [6.07, 6.45) is 10.4. The number of fused-ring (bicyclic) bond motifs is 13. The summed E-state index contributed by atoms with van der Waals surface area (Å²) >= 11 is 1.94. The van der Waals surface area contributed by atoms with E-state index in [4.69, 9.17) is 4.42 Å². The number of unbranched alkanes of at least 4 members (excludes halogenated alkanes) is 3. The molecule has 0 unspecified atom stereocenters. The van der Waals surface area contributed by atoms with Crippen LogP contribution in [-0.4, -0.2) is 6.85 Å². The van der Waals surface area contributed by atoms with E-state index in [1.165, 1.54) is 142 Å². The van der Waals surface area contributed by atoms with Gasteiger partial charge in [-0.3, -0.25) is 0 Å². The van der Waals surface area contributed by atoms with Crippen molar-refractivity contribution in [2.75, 3.05) is 14.6 Å². The molecule has 3 aliphatic rings. The predicted molar refractivity (Wildman–Crippen MR) is 356 cm³/mol. The molecule has 0 saturated heterocycles. The SMILES string of the molecule is CCCCc1ccc(N(c2ccc(CCCC)cc2)c2ccc3c(c2)C(C)(C)c2cc4c(cc2-3)-c2cc3c(oc5ccccc53)c3c2B(c2sc5ccc(-c6ccccc6)cc5c2N3c2ccc(CCCC)cc2)N4c2ccccc2)cc1. The maximum Gasteiger partial charge on any atom is 0.343 e. The van der Waals surface area contributed by atoms with Gasteiger partial charge in [-0.05, 0) is 197 Å². The average Bonchev–Trinajstić information content (AvgIpc) is 1.85. The first-order chi connectivity index (χ1) is 40.8. The second-order valence-corrected chi connectivity index (χ2v) is 25.0. The fraction of sp³-hybridized carbons (Fsp3) is 0.195. The zero-order valence-electron chi connectivity index (χ0n) is 48.3. The second-order valence-electron chi connectivity index (χ2n) is 23.9. The van der Waals surface area contributed by atoms with Crippen LogP contribution < -0.4 is 24.9 Å². The van der Waals surface area contributed by atoms with E-state index in [9.17, 15) is 0 Å². The number of rotatable bonds is 15. The highest BCUT2D eigenvalue weighted by Crippen LogP contribution is 2.58. The molecule has 4 heterocycles. The van der Waals surface area contributed by atoms with Gasteiger partial charge in [-0.2, -0.15) is 0 Å². The third-order valence-corrected chi connectivity index (χ3v) is 19.6. The molecule has 2 aliphatic heterocycles. The van der Waals surface area contributed by atoms with Gasteiger partial charge in [0.15, 0.2) is 5.58 Å². The molecule has 12 aromatic rings. The number of nitrogens with zero attached hydrogens (tertiary/aromatic N) is 3. The topological polar surface area (TPSA) is 22.9 Å². The molecule has 15 rings (SSSR count). The number of benzene rings is 10. The number of furan rings is 1. The van der Waals surface area contributed by atoms with Gasteiger partial charge in [0.2, 0.25) is 0 Å². The van der Waals surface area contributed by atoms with Gasteiger partial charge in [0.25, 0.3) is 0 Å². The van der Waals surface area contributed by atoms with E-state index in [1.54, 1.807) is 0 Å². The summed E-state index contributed by atoms with van der Waals surface area (Å²) in [4.78, 5) is 7.76. The van der Waals surface area contributed by atoms with Crippen LogP contribution in [0, 0.1) is 0 Å². The molecule has 4 nitrogen and oxygen atoms in total. The lowest BCUT2D eigenvalue weighted by atomic mass is 9.46. The van der Waals surface area contributed by atoms with Gasteiger partial charge in [0, 0.05) is 70.7 Å². The van der Waals surface area contributed by atoms with E-state index in [2.05, 4.69) is 262 Å². The number of para-hydroxylation sites is 2. The Labute approximate surface area is 493 Å². The summed E-state index contributed by atoms with van der Waals surface area (Å²) in [6.45, 7) is 11.6. The molecule has 0 bridgehead atoms. The van der Waals surface area contributed by atoms with Gasteiger partial charge in [0.1, 0.15) is 5.58 Å². The van der Waals surface area contributed by atoms with Crippen molar-refractivity contribution >= 4 is 106 Å². The monoisotopic (exact) mass is 1090 g/mol. The van der Waals surface area contributed by atoms with E-state index in [0.717, 1.165) is 64.7 Å². The van der Waals surface area contributed by atoms with Crippen LogP contribution in [-0.2, 0) is 24.7 Å². The molecular weight excluding hydrogens is 1030 g/mol. The number of thiophene rings is 1. The molecule has 406 valence electrons. The van der Waals surface area contributed by atoms with Gasteiger partial charge in [-0.1, -0.05) is 169 Å². The first-order valence-electron chi connectivity index (χ1n) is 30.4. The molecule has 2 aromatic heterocycles. The Hall–Kier alpha value is -8.58. The van der Waals surface area contributed by atoms with Crippen molar-refractivity contribution in [2.24, 2.45) is 0 Å². The predicted octanol–water partition coefficient (Wildman–Crippen LogP) is 21.0. The number of hydrogen-bond acceptors (Lipinski definition) is 5. The lowest BCUT2D eigenvalue weighted by molar-refractivity contribution is 0.660. The van der Waals surface area contributed by atoms with Crippen LogP contribution in [0.3, 0.4) is 0 Å². The van der Waals surface area contributed by atoms with Gasteiger partial charge in [0.05, 0.1) is 11.4 Å². The molecule has 0 saturated carbocycles. The fourth-order valence-corrected chi connectivity index (χ4v) is 15.3. The molecule has 0 amide bonds. The van der Waals surface area contributed by atoms with Crippen LogP contribution in [0.5, 0.6) is 0 Å². The van der Waals surface area contributed by atoms with E-state index < -0.39 is 0 Å². The third-order valence-electron chi connectivity index (χ3n) is 18.4. The summed E-state index contributed by atoms with van der Waals surface area (Å²) in [5.41, 5.74) is 26.5. The summed E-state index contributed by atoms with van der Waals surface area (Å²) in [5.74, 6) is 0. The Bertz CT molecular complexity index is 4370. The summed E-state index contributed by atoms with van der Waals surface area (Å²) in [7, 11) is 0. The molecule has 0 radical (unpaired) electrons. The summed E-state index contributed by atoms with van der Waals surface area (Å²) in [6, 6.07) is 80.9. The quantitative estimate of drug-likeness (QED) is 0.0955. The van der Waals surface area contributed by atoms with Crippen LogP contribution in [0.1, 0.15) is 101 Å². The molecule has 6 heteroatoms. The first-order valence-corrected chi connectivity index (χ1v) is 31.3. The maximum absolute atomic E-state index is 7.30. The minimum absolute atomic E-state index is 0.174. The van der Waals surface area contributed by atoms with E-state index in [0.29, 0.717) is 0 Å². The minimum atomic E-state index is -0.322. The Morgan fingerprint density at radius 1 is 0.470 bits per heavy atom. The van der Waals surface area contributed by atoms with Crippen LogP contribution in [0.15, 0.2) is 217 Å². The van der Waals surface area contributed by atoms with Crippen LogP contribution >= 0.6 is 11.3 Å². The molecular formula is C77H68BN3OS. The third kappa shape index (κ3) is 8.46. The number of hydrogen-bond donors (Lipinski definition) is 0. The van der Waals surface area contributed by atoms with Crippen LogP contribution in [0.25, 0.3) is 65.4 Å². The zero-order valence-corrected chi connectivity index (χ0v) is 49.1. The zero-order chi connectivity index (χ0) is 55.9. The standard InChI is InChI=1S/C77H68BN3OS/c1-6-9-20-50-29-36-55(37-30-50)79(56-38-31-51(32-39-56)21-10-7-2)59-42-43-60-62-47-63-64-48-65-61-27-18-19-28-70(61)82-75(65)74-72(64)78(81(58-25-16-13-17-26-58)69(63)49-68(62)77(4,5)67(60)46-59)76-73(80(74)57-40-33-52(34-41-57)22-11-8-3)66-45-54(35-44-71(66)83-76)53-23-14-12-15-24-53/h12-19,23-49H,6-11,20-22H2,1-5H3. The highest BCUT2D eigenvalue weighted by Gasteiger charge is 2.50. The van der Waals surface area contributed by atoms with Crippen molar-refractivity contribution < 1.29 is 4.42 Å². The highest BCUT2D eigenvalue weighted by molar-refractivity contribution is 7.32. The van der Waals surface area contributed by atoms with E-state index in [-0.39, 0.29) is 12.3 Å². The molecule has 1 aliphatic carbocycles. The second kappa shape index (κ2) is 20.7. The molecule has 0 atom stereocenters. The number of anilines is 8. The Morgan fingerprint density at radius 2 is 1.07 bits per heavy atom. The number of aryl methyl sites for hydroxylation is 3. The van der Waals surface area contributed by atoms with Crippen molar-refractivity contribution in [1.29, 1.82) is 0 Å². The molecule has 83 heavy (non-hydrogen) atoms. The lowest BCUT2D eigenvalue weighted by Gasteiger charge is -2.45. The minimum Gasteiger partial charge on any atom is -0.454 e. The van der Waals surface area contributed by atoms with E-state index in [1.807, 2.05) is 11.3 Å². The average molecular weight is 1090 g/mol. The van der Waals surface area contributed by atoms with Crippen molar-refractivity contribution in [3.8, 4) is 33.4 Å². The summed E-state index contributed by atoms with van der Waals surface area (Å²) < 4.78 is 9.89. The van der Waals surface area contributed by atoms with Crippen LogP contribution in [0.4, 0.5) is 45.5 Å². The Kier molecular flexibility index (Phi) is 12.8. The molecule has 0 N–H and O–H groups in total. The van der Waals surface area contributed by atoms with Crippen molar-refractivity contribution in [2.45, 2.75) is 97.8 Å². The molecule has 0 fully saturated rings. The van der Waals surface area contributed by atoms with Gasteiger partial charge >= 0.3 is 6.85 Å². The van der Waals surface area contributed by atoms with Gasteiger partial charge in [-0.15, -0.1) is 11.3 Å². The first kappa shape index (κ1) is 51.3. The Morgan fingerprint density at radius 3 is 1.73 bits per heavy atom. The molecule has 10 aromatic carbocycles. The summed E-state index contributed by atoms with van der Waals surface area (Å²) in [5, 5.41) is 3.51. The maximum atomic E-state index is 7.30. The Balaban J connectivity index is 0.974. The molecule has 0 spiro atoms. The largest absolute Gasteiger partial charge is 0.454 e. The van der Waals surface area contributed by atoms with Gasteiger partial charge in [-0.25, -0.2) is 0 Å². The normalized spacial score (nSPS) is 13.6. The fourth-order valence-electron chi connectivity index (χ4n) is 14.0. The van der Waals surface area contributed by atoms with Crippen molar-refractivity contribution in [3.05, 3.63) is 240 Å². The van der Waals surface area contributed by atoms with E-state index >= 15 is 0 Å². The van der Waals surface area contributed by atoms with Crippen molar-refractivity contribution in [3.63, 3.8) is 0 Å². The lowest BCUT2D eigenvalue weighted by Crippen LogP contribution is -2.60. The van der Waals surface area contributed by atoms with Crippen LogP contribution in [0.2, 0.25) is 0 Å². The highest BCUT2D eigenvalue weighted by atomic mass is 32.1. The smallest absolute Gasteiger partial charge is 0.343 e. The van der Waals surface area contributed by atoms with Gasteiger partial charge < -0.3 is 19.0 Å². The van der Waals surface area contributed by atoms with Crippen molar-refractivity contribution in [1.82, 2.24) is 0 Å².